The maximum atomic E-state index is 14.3. The van der Waals surface area contributed by atoms with Crippen LogP contribution in [0, 0.1) is 6.08 Å². The van der Waals surface area contributed by atoms with Crippen molar-refractivity contribution in [3.8, 4) is 5.75 Å². The fraction of sp³-hybridized carbons (Fsp3) is 0.292. The Morgan fingerprint density at radius 1 is 1.06 bits per heavy atom. The number of aryl methyl sites for hydroxylation is 2. The van der Waals surface area contributed by atoms with Gasteiger partial charge in [-0.25, -0.2) is 4.98 Å². The zero-order chi connectivity index (χ0) is 25.2. The molecule has 4 aromatic rings. The van der Waals surface area contributed by atoms with E-state index in [2.05, 4.69) is 20.3 Å². The topological polar surface area (TPSA) is 99.0 Å². The van der Waals surface area contributed by atoms with Gasteiger partial charge in [0.25, 0.3) is 0 Å². The highest BCUT2D eigenvalue weighted by molar-refractivity contribution is 7.83. The lowest BCUT2D eigenvalue weighted by Gasteiger charge is -2.16. The minimum atomic E-state index is -2.75. The molecule has 184 valence electrons. The molecule has 0 aliphatic heterocycles. The van der Waals surface area contributed by atoms with E-state index in [1.165, 1.54) is 0 Å². The number of hydrogen-bond donors (Lipinski definition) is 1. The summed E-state index contributed by atoms with van der Waals surface area (Å²) in [6.45, 7) is 5.49. The van der Waals surface area contributed by atoms with Gasteiger partial charge in [0.2, 0.25) is 0 Å². The molecule has 0 fully saturated rings. The summed E-state index contributed by atoms with van der Waals surface area (Å²) in [7, 11) is -3.56. The first-order valence-electron chi connectivity index (χ1n) is 11.0. The average molecular weight is 515 g/mol. The standard InChI is InChI=1S/C24H28FN5O3P2/c1-33-19-7-5-6-17(14-19)12-13-30-15-26-21-22(28-24(25)29-23(21)30)27-18-8-10-20(11-9-18)35(4,32)16-34(2,3)31/h5-11,14-15H,12-13,16H2,1-4H3,(H,27,28,29). The highest BCUT2D eigenvalue weighted by atomic mass is 31.2. The van der Waals surface area contributed by atoms with Crippen molar-refractivity contribution in [2.75, 3.05) is 38.3 Å². The molecule has 2 aromatic heterocycles. The smallest absolute Gasteiger partial charge is 0.312 e. The van der Waals surface area contributed by atoms with Gasteiger partial charge in [-0.1, -0.05) is 12.1 Å². The fourth-order valence-corrected chi connectivity index (χ4v) is 10.6. The Hall–Kier alpha value is -3.02. The van der Waals surface area contributed by atoms with E-state index in [1.54, 1.807) is 62.3 Å². The third kappa shape index (κ3) is 6.16. The number of nitrogens with zero attached hydrogens (tertiary/aromatic N) is 4. The summed E-state index contributed by atoms with van der Waals surface area (Å²) in [6.07, 6.45) is 1.45. The Labute approximate surface area is 203 Å². The van der Waals surface area contributed by atoms with Crippen molar-refractivity contribution < 1.29 is 18.3 Å². The molecule has 1 unspecified atom stereocenters. The zero-order valence-electron chi connectivity index (χ0n) is 20.1. The number of fused-ring (bicyclic) bond motifs is 1. The number of halogens is 1. The minimum absolute atomic E-state index is 0.178. The van der Waals surface area contributed by atoms with Crippen LogP contribution < -0.4 is 15.4 Å². The molecule has 0 saturated carbocycles. The number of rotatable bonds is 9. The normalized spacial score (nSPS) is 13.5. The van der Waals surface area contributed by atoms with Crippen LogP contribution in [0.3, 0.4) is 0 Å². The molecule has 1 atom stereocenters. The first kappa shape index (κ1) is 25.1. The van der Waals surface area contributed by atoms with Gasteiger partial charge < -0.3 is 23.8 Å². The lowest BCUT2D eigenvalue weighted by molar-refractivity contribution is 0.414. The van der Waals surface area contributed by atoms with Crippen molar-refractivity contribution in [3.05, 3.63) is 66.5 Å². The van der Waals surface area contributed by atoms with E-state index in [4.69, 9.17) is 4.74 Å². The van der Waals surface area contributed by atoms with E-state index in [1.807, 2.05) is 24.3 Å². The molecule has 4 rings (SSSR count). The van der Waals surface area contributed by atoms with Gasteiger partial charge in [0, 0.05) is 17.5 Å². The van der Waals surface area contributed by atoms with Crippen LogP contribution in [0.1, 0.15) is 5.56 Å². The van der Waals surface area contributed by atoms with Crippen LogP contribution in [0.15, 0.2) is 54.9 Å². The number of imidazole rings is 1. The molecule has 0 spiro atoms. The number of benzene rings is 2. The SMILES string of the molecule is COc1cccc(CCn2cnc3c(Nc4ccc(P(C)(=O)CP(C)(C)=O)cc4)nc(F)nc32)c1. The quantitative estimate of drug-likeness (QED) is 0.243. The van der Waals surface area contributed by atoms with E-state index >= 15 is 0 Å². The Balaban J connectivity index is 1.55. The number of nitrogens with one attached hydrogen (secondary N) is 1. The molecule has 0 amide bonds. The second-order valence-electron chi connectivity index (χ2n) is 9.04. The monoisotopic (exact) mass is 515 g/mol. The Morgan fingerprint density at radius 3 is 2.49 bits per heavy atom. The summed E-state index contributed by atoms with van der Waals surface area (Å²) in [5.74, 6) is 1.20. The highest BCUT2D eigenvalue weighted by Gasteiger charge is 2.25. The molecule has 0 bridgehead atoms. The largest absolute Gasteiger partial charge is 0.497 e. The van der Waals surface area contributed by atoms with E-state index < -0.39 is 20.4 Å². The fourth-order valence-electron chi connectivity index (χ4n) is 3.97. The van der Waals surface area contributed by atoms with Gasteiger partial charge in [-0.15, -0.1) is 0 Å². The third-order valence-corrected chi connectivity index (χ3v) is 11.8. The minimum Gasteiger partial charge on any atom is -0.497 e. The Bertz CT molecular complexity index is 1450. The maximum absolute atomic E-state index is 14.3. The molecular formula is C24H28FN5O3P2. The number of ether oxygens (including phenoxy) is 1. The van der Waals surface area contributed by atoms with Crippen LogP contribution in [0.4, 0.5) is 15.9 Å². The second-order valence-corrected chi connectivity index (χ2v) is 16.0. The van der Waals surface area contributed by atoms with Crippen LogP contribution in [-0.2, 0) is 22.1 Å². The van der Waals surface area contributed by atoms with Gasteiger partial charge in [0.15, 0.2) is 17.0 Å². The van der Waals surface area contributed by atoms with Crippen LogP contribution in [0.25, 0.3) is 11.2 Å². The van der Waals surface area contributed by atoms with Crippen LogP contribution in [0.5, 0.6) is 5.75 Å². The number of methoxy groups -OCH3 is 1. The van der Waals surface area contributed by atoms with E-state index in [0.717, 1.165) is 11.3 Å². The summed E-state index contributed by atoms with van der Waals surface area (Å²) in [4.78, 5) is 12.3. The van der Waals surface area contributed by atoms with Crippen molar-refractivity contribution in [3.63, 3.8) is 0 Å². The summed E-state index contributed by atoms with van der Waals surface area (Å²) >= 11 is 0. The summed E-state index contributed by atoms with van der Waals surface area (Å²) in [6, 6.07) is 14.7. The predicted octanol–water partition coefficient (Wildman–Crippen LogP) is 5.16. The van der Waals surface area contributed by atoms with E-state index in [0.29, 0.717) is 35.1 Å². The number of hydrogen-bond acceptors (Lipinski definition) is 7. The maximum Gasteiger partial charge on any atom is 0.312 e. The lowest BCUT2D eigenvalue weighted by Crippen LogP contribution is -2.07. The molecule has 2 heterocycles. The molecule has 0 aliphatic rings. The summed E-state index contributed by atoms with van der Waals surface area (Å²) in [5.41, 5.74) is 2.55. The molecule has 11 heteroatoms. The van der Waals surface area contributed by atoms with Crippen LogP contribution >= 0.6 is 14.3 Å². The first-order valence-corrected chi connectivity index (χ1v) is 16.2. The number of aromatic nitrogens is 4. The average Bonchev–Trinajstić information content (AvgIpc) is 3.19. The molecule has 1 N–H and O–H groups in total. The van der Waals surface area contributed by atoms with Gasteiger partial charge >= 0.3 is 6.08 Å². The second kappa shape index (κ2) is 9.92. The zero-order valence-corrected chi connectivity index (χ0v) is 21.9. The van der Waals surface area contributed by atoms with Gasteiger partial charge in [-0.3, -0.25) is 0 Å². The van der Waals surface area contributed by atoms with Crippen molar-refractivity contribution in [2.24, 2.45) is 0 Å². The number of anilines is 2. The van der Waals surface area contributed by atoms with Crippen molar-refractivity contribution in [1.82, 2.24) is 19.5 Å². The molecule has 8 nitrogen and oxygen atoms in total. The first-order chi connectivity index (χ1) is 16.5. The van der Waals surface area contributed by atoms with Gasteiger partial charge in [-0.2, -0.15) is 14.4 Å². The summed E-state index contributed by atoms with van der Waals surface area (Å²) < 4.78 is 46.6. The Morgan fingerprint density at radius 2 is 1.80 bits per heavy atom. The molecule has 0 radical (unpaired) electrons. The van der Waals surface area contributed by atoms with Gasteiger partial charge in [0.1, 0.15) is 12.9 Å². The molecular weight excluding hydrogens is 487 g/mol. The highest BCUT2D eigenvalue weighted by Crippen LogP contribution is 2.54. The molecule has 2 aromatic carbocycles. The van der Waals surface area contributed by atoms with Crippen LogP contribution in [0.2, 0.25) is 0 Å². The Kier molecular flexibility index (Phi) is 7.11. The lowest BCUT2D eigenvalue weighted by atomic mass is 10.1. The van der Waals surface area contributed by atoms with E-state index in [9.17, 15) is 13.5 Å². The third-order valence-electron chi connectivity index (χ3n) is 5.50. The van der Waals surface area contributed by atoms with Crippen molar-refractivity contribution in [1.29, 1.82) is 0 Å². The predicted molar refractivity (Wildman–Crippen MR) is 139 cm³/mol. The molecule has 35 heavy (non-hydrogen) atoms. The van der Waals surface area contributed by atoms with Crippen LogP contribution in [-0.4, -0.2) is 52.5 Å². The molecule has 0 saturated heterocycles. The van der Waals surface area contributed by atoms with Crippen molar-refractivity contribution >= 4 is 42.3 Å². The van der Waals surface area contributed by atoms with Gasteiger partial charge in [-0.05, 0) is 68.4 Å². The van der Waals surface area contributed by atoms with Crippen molar-refractivity contribution in [2.45, 2.75) is 13.0 Å². The summed E-state index contributed by atoms with van der Waals surface area (Å²) in [5, 5.41) is 3.74. The van der Waals surface area contributed by atoms with Gasteiger partial charge in [0.05, 0.1) is 26.5 Å². The molecule has 0 aliphatic carbocycles. The van der Waals surface area contributed by atoms with E-state index in [-0.39, 0.29) is 11.7 Å².